The minimum absolute atomic E-state index is 0.294. The van der Waals surface area contributed by atoms with E-state index in [0.29, 0.717) is 18.0 Å². The van der Waals surface area contributed by atoms with Crippen LogP contribution in [0.4, 0.5) is 0 Å². The van der Waals surface area contributed by atoms with Crippen molar-refractivity contribution < 1.29 is 5.11 Å². The Bertz CT molecular complexity index is 294. The van der Waals surface area contributed by atoms with E-state index < -0.39 is 5.60 Å². The maximum absolute atomic E-state index is 10.5. The summed E-state index contributed by atoms with van der Waals surface area (Å²) in [5, 5.41) is 10.5. The first-order chi connectivity index (χ1) is 7.58. The van der Waals surface area contributed by atoms with Crippen molar-refractivity contribution in [2.75, 3.05) is 6.54 Å². The minimum atomic E-state index is -0.837. The first kappa shape index (κ1) is 12.0. The lowest BCUT2D eigenvalue weighted by molar-refractivity contribution is -0.0870. The van der Waals surface area contributed by atoms with E-state index in [2.05, 4.69) is 24.7 Å². The van der Waals surface area contributed by atoms with E-state index in [-0.39, 0.29) is 0 Å². The number of fused-ring (bicyclic) bond motifs is 1. The normalized spacial score (nSPS) is 40.4. The van der Waals surface area contributed by atoms with Crippen LogP contribution in [0.15, 0.2) is 0 Å². The van der Waals surface area contributed by atoms with Crippen molar-refractivity contribution in [3.63, 3.8) is 0 Å². The Morgan fingerprint density at radius 1 is 1.38 bits per heavy atom. The zero-order chi connectivity index (χ0) is 11.8. The van der Waals surface area contributed by atoms with Crippen LogP contribution in [0.25, 0.3) is 0 Å². The molecular formula is C14H23NO. The molecule has 1 saturated carbocycles. The van der Waals surface area contributed by atoms with E-state index in [1.54, 1.807) is 0 Å². The molecule has 2 fully saturated rings. The van der Waals surface area contributed by atoms with Gasteiger partial charge >= 0.3 is 0 Å². The predicted molar refractivity (Wildman–Crippen MR) is 66.0 cm³/mol. The summed E-state index contributed by atoms with van der Waals surface area (Å²) in [5.41, 5.74) is -0.837. The Hall–Kier alpha value is -0.520. The molecule has 1 aliphatic carbocycles. The van der Waals surface area contributed by atoms with Gasteiger partial charge in [0.25, 0.3) is 0 Å². The van der Waals surface area contributed by atoms with Gasteiger partial charge in [-0.25, -0.2) is 0 Å². The zero-order valence-electron chi connectivity index (χ0n) is 10.4. The Labute approximate surface area is 99.0 Å². The van der Waals surface area contributed by atoms with Gasteiger partial charge in [-0.15, -0.1) is 6.42 Å². The number of terminal acetylenes is 1. The smallest absolute Gasteiger partial charge is 0.130 e. The van der Waals surface area contributed by atoms with Gasteiger partial charge in [-0.1, -0.05) is 18.8 Å². The van der Waals surface area contributed by atoms with Crippen LogP contribution in [0, 0.1) is 18.3 Å². The molecule has 1 saturated heterocycles. The molecule has 16 heavy (non-hydrogen) atoms. The van der Waals surface area contributed by atoms with Crippen LogP contribution in [0.5, 0.6) is 0 Å². The summed E-state index contributed by atoms with van der Waals surface area (Å²) in [6, 6.07) is 1.07. The molecule has 0 bridgehead atoms. The number of nitrogens with zero attached hydrogens (tertiary/aromatic N) is 1. The van der Waals surface area contributed by atoms with Gasteiger partial charge in [0.2, 0.25) is 0 Å². The highest BCUT2D eigenvalue weighted by atomic mass is 16.3. The fraction of sp³-hybridized carbons (Fsp3) is 0.857. The quantitative estimate of drug-likeness (QED) is 0.685. The molecule has 0 spiro atoms. The van der Waals surface area contributed by atoms with Crippen molar-refractivity contribution in [3.8, 4) is 12.3 Å². The molecule has 1 aliphatic heterocycles. The molecule has 2 heteroatoms. The van der Waals surface area contributed by atoms with Gasteiger partial charge in [-0.3, -0.25) is 4.90 Å². The third-order valence-corrected chi connectivity index (χ3v) is 4.43. The third kappa shape index (κ3) is 1.87. The van der Waals surface area contributed by atoms with E-state index in [9.17, 15) is 5.11 Å². The average molecular weight is 221 g/mol. The zero-order valence-corrected chi connectivity index (χ0v) is 10.4. The molecule has 1 N–H and O–H groups in total. The van der Waals surface area contributed by atoms with E-state index in [1.165, 1.54) is 19.3 Å². The van der Waals surface area contributed by atoms with Crippen molar-refractivity contribution in [1.29, 1.82) is 0 Å². The van der Waals surface area contributed by atoms with Gasteiger partial charge in [-0.05, 0) is 26.7 Å². The number of hydrogen-bond acceptors (Lipinski definition) is 2. The van der Waals surface area contributed by atoms with Gasteiger partial charge < -0.3 is 5.11 Å². The number of rotatable bonds is 1. The monoisotopic (exact) mass is 221 g/mol. The summed E-state index contributed by atoms with van der Waals surface area (Å²) in [7, 11) is 0. The van der Waals surface area contributed by atoms with Crippen molar-refractivity contribution in [1.82, 2.24) is 4.90 Å². The lowest BCUT2D eigenvalue weighted by Gasteiger charge is -2.51. The molecule has 2 aliphatic rings. The largest absolute Gasteiger partial charge is 0.377 e. The second-order valence-electron chi connectivity index (χ2n) is 5.61. The Morgan fingerprint density at radius 2 is 2.06 bits per heavy atom. The second-order valence-corrected chi connectivity index (χ2v) is 5.61. The molecule has 2 nitrogen and oxygen atoms in total. The van der Waals surface area contributed by atoms with Gasteiger partial charge in [-0.2, -0.15) is 0 Å². The van der Waals surface area contributed by atoms with Crippen molar-refractivity contribution in [2.24, 2.45) is 5.92 Å². The van der Waals surface area contributed by atoms with Crippen molar-refractivity contribution in [2.45, 2.75) is 63.6 Å². The Morgan fingerprint density at radius 3 is 2.69 bits per heavy atom. The van der Waals surface area contributed by atoms with Gasteiger partial charge in [0.1, 0.15) is 5.60 Å². The summed E-state index contributed by atoms with van der Waals surface area (Å²) in [5.74, 6) is 2.96. The summed E-state index contributed by atoms with van der Waals surface area (Å²) < 4.78 is 0. The van der Waals surface area contributed by atoms with Crippen molar-refractivity contribution in [3.05, 3.63) is 0 Å². The first-order valence-electron chi connectivity index (χ1n) is 6.54. The lowest BCUT2D eigenvalue weighted by atomic mass is 9.69. The summed E-state index contributed by atoms with van der Waals surface area (Å²) >= 11 is 0. The highest BCUT2D eigenvalue weighted by molar-refractivity contribution is 5.16. The molecule has 3 unspecified atom stereocenters. The van der Waals surface area contributed by atoms with Crippen LogP contribution < -0.4 is 0 Å². The Kier molecular flexibility index (Phi) is 3.28. The third-order valence-electron chi connectivity index (χ3n) is 4.43. The van der Waals surface area contributed by atoms with Gasteiger partial charge in [0, 0.05) is 31.0 Å². The maximum atomic E-state index is 10.5. The van der Waals surface area contributed by atoms with E-state index in [4.69, 9.17) is 6.42 Å². The molecular weight excluding hydrogens is 198 g/mol. The molecule has 0 aromatic rings. The minimum Gasteiger partial charge on any atom is -0.377 e. The highest BCUT2D eigenvalue weighted by Crippen LogP contribution is 2.41. The van der Waals surface area contributed by atoms with E-state index >= 15 is 0 Å². The van der Waals surface area contributed by atoms with E-state index in [0.717, 1.165) is 19.4 Å². The maximum Gasteiger partial charge on any atom is 0.130 e. The lowest BCUT2D eigenvalue weighted by Crippen LogP contribution is -2.59. The van der Waals surface area contributed by atoms with E-state index in [1.807, 2.05) is 0 Å². The molecule has 0 radical (unpaired) electrons. The SMILES string of the molecule is C#CC1(O)CCN(C(C)C)C2CCCCC21. The number of aliphatic hydroxyl groups is 1. The van der Waals surface area contributed by atoms with Crippen LogP contribution in [-0.2, 0) is 0 Å². The Balaban J connectivity index is 2.22. The topological polar surface area (TPSA) is 23.5 Å². The van der Waals surface area contributed by atoms with Crippen LogP contribution in [0.3, 0.4) is 0 Å². The average Bonchev–Trinajstić information content (AvgIpc) is 2.29. The standard InChI is InChI=1S/C14H23NO/c1-4-14(16)9-10-15(11(2)3)13-8-6-5-7-12(13)14/h1,11-13,16H,5-10H2,2-3H3. The van der Waals surface area contributed by atoms with Crippen LogP contribution in [0.2, 0.25) is 0 Å². The van der Waals surface area contributed by atoms with Crippen LogP contribution in [0.1, 0.15) is 46.0 Å². The fourth-order valence-electron chi connectivity index (χ4n) is 3.54. The summed E-state index contributed by atoms with van der Waals surface area (Å²) in [6.45, 7) is 5.43. The van der Waals surface area contributed by atoms with Crippen LogP contribution in [-0.4, -0.2) is 34.2 Å². The molecule has 0 aromatic carbocycles. The second kappa shape index (κ2) is 4.39. The molecule has 0 aromatic heterocycles. The molecule has 0 amide bonds. The van der Waals surface area contributed by atoms with Crippen molar-refractivity contribution >= 4 is 0 Å². The predicted octanol–water partition coefficient (Wildman–Crippen LogP) is 2.02. The molecule has 3 atom stereocenters. The molecule has 1 heterocycles. The fourth-order valence-corrected chi connectivity index (χ4v) is 3.54. The molecule has 90 valence electrons. The number of piperidine rings is 1. The van der Waals surface area contributed by atoms with Gasteiger partial charge in [0.05, 0.1) is 0 Å². The number of hydrogen-bond donors (Lipinski definition) is 1. The first-order valence-corrected chi connectivity index (χ1v) is 6.54. The van der Waals surface area contributed by atoms with Crippen LogP contribution >= 0.6 is 0 Å². The summed E-state index contributed by atoms with van der Waals surface area (Å²) in [4.78, 5) is 2.54. The summed E-state index contributed by atoms with van der Waals surface area (Å²) in [6.07, 6.45) is 11.1. The number of likely N-dealkylation sites (tertiary alicyclic amines) is 1. The highest BCUT2D eigenvalue weighted by Gasteiger charge is 2.47. The molecule has 2 rings (SSSR count). The van der Waals surface area contributed by atoms with Gasteiger partial charge in [0.15, 0.2) is 0 Å².